The van der Waals surface area contributed by atoms with Gasteiger partial charge in [0.2, 0.25) is 11.8 Å². The van der Waals surface area contributed by atoms with E-state index < -0.39 is 29.2 Å². The first-order chi connectivity index (χ1) is 44.7. The second kappa shape index (κ2) is 34.2. The second-order valence-electron chi connectivity index (χ2n) is 26.9. The Morgan fingerprint density at radius 1 is 0.489 bits per heavy atom. The number of carboxylic acids is 1. The summed E-state index contributed by atoms with van der Waals surface area (Å²) in [6.45, 7) is 18.7. The van der Waals surface area contributed by atoms with E-state index in [4.69, 9.17) is 29.4 Å². The second-order valence-corrected chi connectivity index (χ2v) is 26.9. The molecule has 6 fully saturated rings. The van der Waals surface area contributed by atoms with E-state index in [-0.39, 0.29) is 55.6 Å². The van der Waals surface area contributed by atoms with E-state index in [0.717, 1.165) is 115 Å². The SMILES string of the molecule is C.CC(C)(C)OC(=O)N1C[C@@H](C(=O)Nc2cccc(-c3cccnc3)c2)[C@H](C2CCOCC2)C1.CC(C)(C)OC(=O)N1C[C@@H](C(=O)O)[C@H](C2CCOCC2)C1.Nc1cccc(-c2cccnc2)c1.O=C(Nc1cccc(-c2cccnc2)c1)[C@@H]1CNC[C@H]1C1CCOCC1. The van der Waals surface area contributed by atoms with Gasteiger partial charge in [0.15, 0.2) is 0 Å². The molecule has 504 valence electrons. The van der Waals surface area contributed by atoms with Crippen LogP contribution in [0.5, 0.6) is 0 Å². The maximum atomic E-state index is 13.4. The van der Waals surface area contributed by atoms with Gasteiger partial charge in [-0.25, -0.2) is 9.59 Å². The molecule has 20 heteroatoms. The Morgan fingerprint density at radius 3 is 1.26 bits per heavy atom. The first kappa shape index (κ1) is 71.5. The normalized spacial score (nSPS) is 21.7. The first-order valence-corrected chi connectivity index (χ1v) is 32.8. The molecule has 3 aromatic heterocycles. The third-order valence-corrected chi connectivity index (χ3v) is 18.0. The number of likely N-dealkylation sites (tertiary alicyclic amines) is 2. The zero-order chi connectivity index (χ0) is 65.9. The molecule has 6 aliphatic rings. The Kier molecular flexibility index (Phi) is 26.0. The molecule has 6 saturated heterocycles. The Balaban J connectivity index is 0.000000167. The van der Waals surface area contributed by atoms with Crippen LogP contribution in [0.4, 0.5) is 26.7 Å². The molecule has 9 heterocycles. The topological polar surface area (TPSA) is 259 Å². The fourth-order valence-electron chi connectivity index (χ4n) is 13.4. The van der Waals surface area contributed by atoms with Crippen molar-refractivity contribution < 1.29 is 52.8 Å². The number of amides is 4. The summed E-state index contributed by atoms with van der Waals surface area (Å²) < 4.78 is 27.3. The van der Waals surface area contributed by atoms with Crippen LogP contribution in [0.2, 0.25) is 0 Å². The molecule has 6 aromatic rings. The summed E-state index contributed by atoms with van der Waals surface area (Å²) in [4.78, 5) is 78.4. The van der Waals surface area contributed by atoms with Gasteiger partial charge in [-0.1, -0.05) is 62.0 Å². The van der Waals surface area contributed by atoms with Gasteiger partial charge in [-0.15, -0.1) is 0 Å². The molecule has 6 N–H and O–H groups in total. The Bertz CT molecular complexity index is 3370. The van der Waals surface area contributed by atoms with Crippen molar-refractivity contribution in [3.05, 3.63) is 146 Å². The molecule has 0 spiro atoms. The number of hydrogen-bond acceptors (Lipinski definition) is 15. The van der Waals surface area contributed by atoms with Crippen LogP contribution in [0.3, 0.4) is 0 Å². The predicted molar refractivity (Wildman–Crippen MR) is 365 cm³/mol. The van der Waals surface area contributed by atoms with E-state index in [1.54, 1.807) is 34.6 Å². The van der Waals surface area contributed by atoms with Crippen LogP contribution in [0.25, 0.3) is 33.4 Å². The largest absolute Gasteiger partial charge is 0.481 e. The minimum absolute atomic E-state index is 0. The molecule has 4 amide bonds. The van der Waals surface area contributed by atoms with Crippen LogP contribution in [0, 0.1) is 53.3 Å². The average Bonchev–Trinajstić information content (AvgIpc) is 1.70. The molecular weight excluding hydrogens is 1190 g/mol. The Labute approximate surface area is 554 Å². The lowest BCUT2D eigenvalue weighted by molar-refractivity contribution is -0.143. The number of aliphatic carboxylic acids is 1. The number of ether oxygens (including phenoxy) is 5. The smallest absolute Gasteiger partial charge is 0.410 e. The van der Waals surface area contributed by atoms with Gasteiger partial charge in [0.05, 0.1) is 17.8 Å². The van der Waals surface area contributed by atoms with Crippen molar-refractivity contribution >= 4 is 47.0 Å². The lowest BCUT2D eigenvalue weighted by Crippen LogP contribution is -2.36. The number of nitrogens with zero attached hydrogens (tertiary/aromatic N) is 5. The zero-order valence-electron chi connectivity index (χ0n) is 54.6. The Morgan fingerprint density at radius 2 is 0.862 bits per heavy atom. The molecule has 12 rings (SSSR count). The monoisotopic (exact) mass is 1290 g/mol. The average molecular weight is 1290 g/mol. The molecule has 0 bridgehead atoms. The highest BCUT2D eigenvalue weighted by atomic mass is 16.6. The van der Waals surface area contributed by atoms with E-state index in [9.17, 15) is 29.1 Å². The molecule has 3 aromatic carbocycles. The van der Waals surface area contributed by atoms with E-state index in [2.05, 4.69) is 30.9 Å². The van der Waals surface area contributed by atoms with Crippen molar-refractivity contribution in [2.24, 2.45) is 53.3 Å². The van der Waals surface area contributed by atoms with Gasteiger partial charge in [0, 0.05) is 143 Å². The van der Waals surface area contributed by atoms with Crippen molar-refractivity contribution in [1.29, 1.82) is 0 Å². The summed E-state index contributed by atoms with van der Waals surface area (Å²) in [6.07, 6.45) is 15.6. The van der Waals surface area contributed by atoms with Crippen LogP contribution in [-0.4, -0.2) is 150 Å². The van der Waals surface area contributed by atoms with E-state index in [1.807, 2.05) is 163 Å². The molecular formula is C74H97N9O11. The maximum absolute atomic E-state index is 13.4. The fourth-order valence-corrected chi connectivity index (χ4v) is 13.4. The van der Waals surface area contributed by atoms with Crippen LogP contribution in [0.1, 0.15) is 87.5 Å². The molecule has 6 atom stereocenters. The van der Waals surface area contributed by atoms with Gasteiger partial charge >= 0.3 is 18.2 Å². The minimum Gasteiger partial charge on any atom is -0.481 e. The quantitative estimate of drug-likeness (QED) is 0.0755. The van der Waals surface area contributed by atoms with Gasteiger partial charge in [0.1, 0.15) is 11.2 Å². The number of hydrogen-bond donors (Lipinski definition) is 5. The number of benzene rings is 3. The van der Waals surface area contributed by atoms with Gasteiger partial charge in [0.25, 0.3) is 0 Å². The highest BCUT2D eigenvalue weighted by Gasteiger charge is 2.46. The summed E-state index contributed by atoms with van der Waals surface area (Å²) in [5.41, 5.74) is 13.2. The molecule has 20 nitrogen and oxygen atoms in total. The molecule has 0 aliphatic carbocycles. The van der Waals surface area contributed by atoms with Gasteiger partial charge < -0.3 is 60.3 Å². The van der Waals surface area contributed by atoms with Crippen LogP contribution in [0.15, 0.2) is 146 Å². The molecule has 0 unspecified atom stereocenters. The van der Waals surface area contributed by atoms with E-state index in [1.165, 1.54) is 0 Å². The van der Waals surface area contributed by atoms with Crippen LogP contribution >= 0.6 is 0 Å². The van der Waals surface area contributed by atoms with E-state index >= 15 is 0 Å². The summed E-state index contributed by atoms with van der Waals surface area (Å²) in [5, 5.41) is 19.1. The number of aromatic nitrogens is 3. The van der Waals surface area contributed by atoms with Gasteiger partial charge in [-0.3, -0.25) is 29.3 Å². The standard InChI is InChI=1S/C26H33N3O4.C21H25N3O2.C15H25NO5.C11H10N2.CH4/c1-26(2,3)33-25(31)29-16-22(18-9-12-32-13-10-18)23(17-29)24(30)28-21-8-4-6-19(14-21)20-7-5-11-27-15-20;25-21(20-14-23-13-19(20)15-6-9-26-10-7-15)24-18-5-1-3-16(11-18)17-4-2-8-22-12-17;1-15(2,3)21-14(19)16-8-11(12(9-16)13(17)18)10-4-6-20-7-5-10;12-11-5-1-3-9(7-11)10-4-2-6-13-8-10;/h4-8,11,14-15,18,22-23H,9-10,12-13,16-17H2,1-3H3,(H,28,30);1-5,8,11-12,15,19-20,23H,6-7,9-10,13-14H2,(H,24,25);10-12H,4-9H2,1-3H3,(H,17,18);1-8H,12H2;1H4/t22-,23+;19-,20+;11-,12+;;/m000../s1. The highest BCUT2D eigenvalue weighted by molar-refractivity contribution is 5.95. The number of anilines is 3. The number of nitrogen functional groups attached to an aromatic ring is 1. The molecule has 6 aliphatic heterocycles. The number of carboxylic acid groups (broad SMARTS) is 1. The third-order valence-electron chi connectivity index (χ3n) is 18.0. The number of rotatable bonds is 11. The van der Waals surface area contributed by atoms with Crippen molar-refractivity contribution in [2.45, 2.75) is 98.7 Å². The maximum Gasteiger partial charge on any atom is 0.410 e. The highest BCUT2D eigenvalue weighted by Crippen LogP contribution is 2.39. The van der Waals surface area contributed by atoms with Crippen molar-refractivity contribution in [3.63, 3.8) is 0 Å². The summed E-state index contributed by atoms with van der Waals surface area (Å²) in [5.74, 6) is 0.214. The van der Waals surface area contributed by atoms with Crippen molar-refractivity contribution in [3.8, 4) is 33.4 Å². The Hall–Kier alpha value is -8.30. The minimum atomic E-state index is -0.822. The lowest BCUT2D eigenvalue weighted by Gasteiger charge is -2.30. The fraction of sp³-hybridized carbons (Fsp3) is 0.486. The van der Waals surface area contributed by atoms with E-state index in [0.29, 0.717) is 69.7 Å². The predicted octanol–water partition coefficient (Wildman–Crippen LogP) is 12.5. The third kappa shape index (κ3) is 20.8. The summed E-state index contributed by atoms with van der Waals surface area (Å²) in [7, 11) is 0. The zero-order valence-corrected chi connectivity index (χ0v) is 54.6. The molecule has 0 saturated carbocycles. The molecule has 94 heavy (non-hydrogen) atoms. The van der Waals surface area contributed by atoms with Gasteiger partial charge in [-0.2, -0.15) is 0 Å². The number of carbonyl (C=O) groups is 5. The van der Waals surface area contributed by atoms with Crippen LogP contribution < -0.4 is 21.7 Å². The lowest BCUT2D eigenvalue weighted by atomic mass is 9.79. The van der Waals surface area contributed by atoms with Crippen molar-refractivity contribution in [2.75, 3.05) is 95.3 Å². The first-order valence-electron chi connectivity index (χ1n) is 32.8. The van der Waals surface area contributed by atoms with Crippen LogP contribution in [-0.2, 0) is 38.1 Å². The number of carbonyl (C=O) groups excluding carboxylic acids is 4. The number of nitrogens with two attached hydrogens (primary N) is 1. The molecule has 0 radical (unpaired) electrons. The van der Waals surface area contributed by atoms with Crippen molar-refractivity contribution in [1.82, 2.24) is 30.1 Å². The van der Waals surface area contributed by atoms with Gasteiger partial charge in [-0.05, 0) is 193 Å². The summed E-state index contributed by atoms with van der Waals surface area (Å²) in [6, 6.07) is 35.3. The number of nitrogens with one attached hydrogen (secondary N) is 3. The number of pyridine rings is 3. The summed E-state index contributed by atoms with van der Waals surface area (Å²) >= 11 is 0.